The molecule has 1 aliphatic heterocycles. The van der Waals surface area contributed by atoms with Crippen LogP contribution < -0.4 is 15.0 Å². The van der Waals surface area contributed by atoms with E-state index >= 15 is 0 Å². The Kier molecular flexibility index (Phi) is 6.75. The Morgan fingerprint density at radius 1 is 1.06 bits per heavy atom. The number of carbonyl (C=O) groups is 3. The number of ketones is 1. The van der Waals surface area contributed by atoms with Gasteiger partial charge in [-0.3, -0.25) is 19.3 Å². The van der Waals surface area contributed by atoms with Crippen LogP contribution in [0.4, 0.5) is 11.4 Å². The lowest BCUT2D eigenvalue weighted by atomic mass is 9.94. The van der Waals surface area contributed by atoms with Gasteiger partial charge in [-0.25, -0.2) is 0 Å². The van der Waals surface area contributed by atoms with Crippen LogP contribution in [0.1, 0.15) is 29.7 Å². The number of hydrogen-bond acceptors (Lipinski definition) is 5. The third-order valence-electron chi connectivity index (χ3n) is 5.78. The summed E-state index contributed by atoms with van der Waals surface area (Å²) in [6, 6.07) is 17.9. The highest BCUT2D eigenvalue weighted by Crippen LogP contribution is 2.45. The van der Waals surface area contributed by atoms with Crippen LogP contribution in [0.3, 0.4) is 0 Å². The van der Waals surface area contributed by atoms with Crippen molar-refractivity contribution in [2.45, 2.75) is 19.9 Å². The molecule has 1 aliphatic rings. The summed E-state index contributed by atoms with van der Waals surface area (Å²) in [6.45, 7) is 3.27. The van der Waals surface area contributed by atoms with Crippen molar-refractivity contribution >= 4 is 50.7 Å². The maximum atomic E-state index is 13.3. The van der Waals surface area contributed by atoms with E-state index in [0.717, 1.165) is 10.0 Å². The normalized spacial score (nSPS) is 16.9. The number of methoxy groups -OCH3 is 1. The number of amides is 2. The van der Waals surface area contributed by atoms with Gasteiger partial charge in [0.2, 0.25) is 5.91 Å². The highest BCUT2D eigenvalue weighted by Gasteiger charge is 2.47. The second kappa shape index (κ2) is 9.76. The van der Waals surface area contributed by atoms with E-state index in [1.54, 1.807) is 66.7 Å². The van der Waals surface area contributed by atoms with Crippen molar-refractivity contribution < 1.29 is 24.2 Å². The molecular formula is C27H23BrN2O5. The van der Waals surface area contributed by atoms with Crippen LogP contribution in [0.25, 0.3) is 5.76 Å². The van der Waals surface area contributed by atoms with Gasteiger partial charge in [0.05, 0.1) is 18.7 Å². The number of halogens is 1. The van der Waals surface area contributed by atoms with E-state index < -0.39 is 17.7 Å². The van der Waals surface area contributed by atoms with Crippen LogP contribution in [0.2, 0.25) is 0 Å². The van der Waals surface area contributed by atoms with Gasteiger partial charge in [-0.15, -0.1) is 0 Å². The number of rotatable bonds is 5. The Hall–Kier alpha value is -3.91. The minimum Gasteiger partial charge on any atom is -0.507 e. The van der Waals surface area contributed by atoms with Gasteiger partial charge in [-0.2, -0.15) is 0 Å². The number of nitrogens with one attached hydrogen (secondary N) is 1. The highest BCUT2D eigenvalue weighted by atomic mass is 79.9. The van der Waals surface area contributed by atoms with E-state index in [-0.39, 0.29) is 17.2 Å². The van der Waals surface area contributed by atoms with Gasteiger partial charge in [0, 0.05) is 33.9 Å². The molecule has 3 aromatic carbocycles. The van der Waals surface area contributed by atoms with Gasteiger partial charge in [-0.05, 0) is 55.0 Å². The summed E-state index contributed by atoms with van der Waals surface area (Å²) in [6.07, 6.45) is 0. The molecule has 0 aliphatic carbocycles. The quantitative estimate of drug-likeness (QED) is 0.261. The van der Waals surface area contributed by atoms with Crippen LogP contribution in [0.15, 0.2) is 76.8 Å². The number of carbonyl (C=O) groups excluding carboxylic acids is 3. The Balaban J connectivity index is 1.92. The molecule has 1 saturated heterocycles. The lowest BCUT2D eigenvalue weighted by Crippen LogP contribution is -2.29. The van der Waals surface area contributed by atoms with E-state index in [4.69, 9.17) is 4.74 Å². The summed E-state index contributed by atoms with van der Waals surface area (Å²) in [5.41, 5.74) is 2.79. The average Bonchev–Trinajstić information content (AvgIpc) is 3.10. The van der Waals surface area contributed by atoms with E-state index in [0.29, 0.717) is 28.3 Å². The molecule has 0 aromatic heterocycles. The fourth-order valence-electron chi connectivity index (χ4n) is 4.14. The van der Waals surface area contributed by atoms with Gasteiger partial charge >= 0.3 is 0 Å². The van der Waals surface area contributed by atoms with Crippen molar-refractivity contribution in [1.82, 2.24) is 0 Å². The number of hydrogen-bond donors (Lipinski definition) is 2. The monoisotopic (exact) mass is 534 g/mol. The molecule has 0 spiro atoms. The second-order valence-electron chi connectivity index (χ2n) is 8.10. The molecule has 7 nitrogen and oxygen atoms in total. The first kappa shape index (κ1) is 24.2. The summed E-state index contributed by atoms with van der Waals surface area (Å²) in [5, 5.41) is 14.0. The van der Waals surface area contributed by atoms with Crippen LogP contribution >= 0.6 is 15.9 Å². The van der Waals surface area contributed by atoms with Gasteiger partial charge in [0.1, 0.15) is 11.5 Å². The Labute approximate surface area is 211 Å². The van der Waals surface area contributed by atoms with Gasteiger partial charge < -0.3 is 15.2 Å². The number of aliphatic hydroxyl groups is 1. The van der Waals surface area contributed by atoms with Gasteiger partial charge in [0.25, 0.3) is 11.7 Å². The predicted octanol–water partition coefficient (Wildman–Crippen LogP) is 5.35. The van der Waals surface area contributed by atoms with E-state index in [1.807, 2.05) is 6.92 Å². The molecule has 0 saturated carbocycles. The van der Waals surface area contributed by atoms with Crippen LogP contribution in [0, 0.1) is 6.92 Å². The fourth-order valence-corrected chi connectivity index (χ4v) is 4.39. The number of benzene rings is 3. The molecule has 0 bridgehead atoms. The number of aryl methyl sites for hydroxylation is 1. The topological polar surface area (TPSA) is 95.9 Å². The maximum absolute atomic E-state index is 13.3. The van der Waals surface area contributed by atoms with E-state index in [1.165, 1.54) is 18.9 Å². The first-order chi connectivity index (χ1) is 16.7. The van der Waals surface area contributed by atoms with Gasteiger partial charge in [-0.1, -0.05) is 40.2 Å². The number of nitrogens with zero attached hydrogens (tertiary/aromatic N) is 1. The molecule has 2 amide bonds. The molecule has 35 heavy (non-hydrogen) atoms. The first-order valence-electron chi connectivity index (χ1n) is 10.8. The third-order valence-corrected chi connectivity index (χ3v) is 6.66. The Bertz CT molecular complexity index is 1360. The van der Waals surface area contributed by atoms with Crippen LogP contribution in [0.5, 0.6) is 5.75 Å². The molecule has 1 heterocycles. The number of ether oxygens (including phenoxy) is 1. The zero-order valence-electron chi connectivity index (χ0n) is 19.3. The van der Waals surface area contributed by atoms with E-state index in [9.17, 15) is 19.5 Å². The van der Waals surface area contributed by atoms with E-state index in [2.05, 4.69) is 21.2 Å². The highest BCUT2D eigenvalue weighted by molar-refractivity contribution is 9.10. The average molecular weight is 535 g/mol. The second-order valence-corrected chi connectivity index (χ2v) is 8.96. The molecule has 178 valence electrons. The number of Topliss-reactive ketones (excluding diaryl/α,β-unsaturated/α-hetero) is 1. The summed E-state index contributed by atoms with van der Waals surface area (Å²) in [7, 11) is 1.51. The molecular weight excluding hydrogens is 512 g/mol. The van der Waals surface area contributed by atoms with Crippen molar-refractivity contribution in [2.75, 3.05) is 17.3 Å². The van der Waals surface area contributed by atoms with Gasteiger partial charge in [0.15, 0.2) is 0 Å². The molecule has 2 N–H and O–H groups in total. The fraction of sp³-hybridized carbons (Fsp3) is 0.148. The zero-order valence-corrected chi connectivity index (χ0v) is 20.9. The van der Waals surface area contributed by atoms with Crippen molar-refractivity contribution in [1.29, 1.82) is 0 Å². The van der Waals surface area contributed by atoms with Crippen molar-refractivity contribution in [3.8, 4) is 5.75 Å². The molecule has 3 aromatic rings. The van der Waals surface area contributed by atoms with Crippen LogP contribution in [-0.2, 0) is 14.4 Å². The van der Waals surface area contributed by atoms with Crippen molar-refractivity contribution in [2.24, 2.45) is 0 Å². The molecule has 1 fully saturated rings. The first-order valence-corrected chi connectivity index (χ1v) is 11.6. The molecule has 1 unspecified atom stereocenters. The maximum Gasteiger partial charge on any atom is 0.300 e. The summed E-state index contributed by atoms with van der Waals surface area (Å²) in [4.78, 5) is 39.4. The Morgan fingerprint density at radius 2 is 1.74 bits per heavy atom. The Morgan fingerprint density at radius 3 is 2.37 bits per heavy atom. The molecule has 8 heteroatoms. The summed E-state index contributed by atoms with van der Waals surface area (Å²) < 4.78 is 6.39. The summed E-state index contributed by atoms with van der Waals surface area (Å²) in [5.74, 6) is -1.60. The molecule has 1 atom stereocenters. The lowest BCUT2D eigenvalue weighted by Gasteiger charge is -2.26. The standard InChI is InChI=1S/C27H23BrN2O5/c1-15-14-17(8-13-21(15)28)25(32)23-24(20-6-4-5-7-22(20)35-3)30(27(34)26(23)33)19-11-9-18(10-12-19)29-16(2)31/h4-14,24,32H,1-3H3,(H,29,31)/b25-23+. The number of aliphatic hydroxyl groups excluding tert-OH is 1. The zero-order chi connectivity index (χ0) is 25.3. The minimum absolute atomic E-state index is 0.0350. The largest absolute Gasteiger partial charge is 0.507 e. The molecule has 0 radical (unpaired) electrons. The van der Waals surface area contributed by atoms with Crippen molar-refractivity contribution in [3.05, 3.63) is 93.5 Å². The smallest absolute Gasteiger partial charge is 0.300 e. The summed E-state index contributed by atoms with van der Waals surface area (Å²) >= 11 is 3.44. The number of para-hydroxylation sites is 1. The SMILES string of the molecule is COc1ccccc1C1/C(=C(\O)c2ccc(Br)c(C)c2)C(=O)C(=O)N1c1ccc(NC(C)=O)cc1. The lowest BCUT2D eigenvalue weighted by molar-refractivity contribution is -0.132. The minimum atomic E-state index is -0.929. The number of anilines is 2. The molecule has 4 rings (SSSR count). The predicted molar refractivity (Wildman–Crippen MR) is 137 cm³/mol. The van der Waals surface area contributed by atoms with Crippen molar-refractivity contribution in [3.63, 3.8) is 0 Å². The van der Waals surface area contributed by atoms with Crippen LogP contribution in [-0.4, -0.2) is 29.8 Å². The third kappa shape index (κ3) is 4.57.